The highest BCUT2D eigenvalue weighted by atomic mass is 16.6. The van der Waals surface area contributed by atoms with Crippen LogP contribution in [0.3, 0.4) is 0 Å². The van der Waals surface area contributed by atoms with E-state index >= 15 is 0 Å². The van der Waals surface area contributed by atoms with Gasteiger partial charge in [-0.2, -0.15) is 0 Å². The van der Waals surface area contributed by atoms with Gasteiger partial charge in [-0.25, -0.2) is 4.79 Å². The molecule has 0 spiro atoms. The molecule has 1 aliphatic rings. The van der Waals surface area contributed by atoms with Crippen molar-refractivity contribution in [2.24, 2.45) is 0 Å². The van der Waals surface area contributed by atoms with E-state index in [1.807, 2.05) is 12.1 Å². The molecule has 136 valence electrons. The second kappa shape index (κ2) is 7.00. The van der Waals surface area contributed by atoms with Crippen molar-refractivity contribution in [2.75, 3.05) is 19.5 Å². The number of hydrogen-bond acceptors (Lipinski definition) is 6. The number of para-hydroxylation sites is 3. The van der Waals surface area contributed by atoms with Crippen molar-refractivity contribution in [3.05, 3.63) is 60.2 Å². The topological polar surface area (TPSA) is 77.0 Å². The van der Waals surface area contributed by atoms with Gasteiger partial charge < -0.3 is 24.6 Å². The molecule has 26 heavy (non-hydrogen) atoms. The monoisotopic (exact) mass is 355 g/mol. The minimum atomic E-state index is -0.973. The summed E-state index contributed by atoms with van der Waals surface area (Å²) in [6.07, 6.45) is 3.10. The van der Waals surface area contributed by atoms with E-state index in [-0.39, 0.29) is 5.75 Å². The summed E-state index contributed by atoms with van der Waals surface area (Å²) in [5.74, 6) is 0.765. The third kappa shape index (κ3) is 3.18. The fraction of sp³-hybridized carbons (Fsp3) is 0.250. The molecule has 3 rings (SSSR count). The molecule has 2 N–H and O–H groups in total. The molecule has 6 heteroatoms. The van der Waals surface area contributed by atoms with Gasteiger partial charge >= 0.3 is 5.97 Å². The molecule has 0 saturated heterocycles. The molecular weight excluding hydrogens is 334 g/mol. The van der Waals surface area contributed by atoms with E-state index in [1.54, 1.807) is 57.6 Å². The van der Waals surface area contributed by atoms with Crippen LogP contribution in [0.4, 0.5) is 5.69 Å². The van der Waals surface area contributed by atoms with E-state index < -0.39 is 17.6 Å². The Morgan fingerprint density at radius 3 is 2.50 bits per heavy atom. The number of phenolic OH excluding ortho intramolecular Hbond substituents is 1. The molecule has 2 atom stereocenters. The Hall–Kier alpha value is -3.15. The average Bonchev–Trinajstić information content (AvgIpc) is 3.00. The molecule has 1 heterocycles. The van der Waals surface area contributed by atoms with Gasteiger partial charge in [0.05, 0.1) is 25.9 Å². The van der Waals surface area contributed by atoms with Crippen LogP contribution in [0.1, 0.15) is 18.5 Å². The summed E-state index contributed by atoms with van der Waals surface area (Å²) in [6, 6.07) is 11.8. The van der Waals surface area contributed by atoms with Gasteiger partial charge in [-0.1, -0.05) is 24.3 Å². The number of carbonyl (C=O) groups is 1. The number of rotatable bonds is 6. The summed E-state index contributed by atoms with van der Waals surface area (Å²) in [4.78, 5) is 11.7. The predicted molar refractivity (Wildman–Crippen MR) is 97.7 cm³/mol. The summed E-state index contributed by atoms with van der Waals surface area (Å²) in [6.45, 7) is 1.80. The maximum Gasteiger partial charge on any atom is 0.331 e. The van der Waals surface area contributed by atoms with Crippen LogP contribution >= 0.6 is 0 Å². The van der Waals surface area contributed by atoms with Crippen LogP contribution in [0.2, 0.25) is 0 Å². The normalized spacial score (nSPS) is 19.7. The van der Waals surface area contributed by atoms with Crippen LogP contribution in [0.15, 0.2) is 54.6 Å². The maximum atomic E-state index is 11.7. The summed E-state index contributed by atoms with van der Waals surface area (Å²) in [5, 5.41) is 13.4. The van der Waals surface area contributed by atoms with E-state index in [1.165, 1.54) is 6.08 Å². The zero-order valence-corrected chi connectivity index (χ0v) is 14.9. The van der Waals surface area contributed by atoms with E-state index in [4.69, 9.17) is 14.2 Å². The van der Waals surface area contributed by atoms with Crippen molar-refractivity contribution in [3.63, 3.8) is 0 Å². The van der Waals surface area contributed by atoms with E-state index in [9.17, 15) is 9.90 Å². The number of phenols is 1. The predicted octanol–water partition coefficient (Wildman–Crippen LogP) is 3.43. The number of benzene rings is 2. The second-order valence-corrected chi connectivity index (χ2v) is 6.12. The van der Waals surface area contributed by atoms with Gasteiger partial charge in [-0.15, -0.1) is 0 Å². The lowest BCUT2D eigenvalue weighted by Gasteiger charge is -2.34. The van der Waals surface area contributed by atoms with E-state index in [2.05, 4.69) is 5.32 Å². The number of esters is 1. The molecule has 0 saturated carbocycles. The maximum absolute atomic E-state index is 11.7. The molecule has 0 radical (unpaired) electrons. The van der Waals surface area contributed by atoms with Crippen LogP contribution in [0.25, 0.3) is 0 Å². The molecule has 2 aromatic rings. The van der Waals surface area contributed by atoms with Crippen molar-refractivity contribution in [3.8, 4) is 17.2 Å². The molecule has 1 aliphatic heterocycles. The first-order valence-corrected chi connectivity index (χ1v) is 8.16. The highest BCUT2D eigenvalue weighted by molar-refractivity contribution is 5.85. The van der Waals surface area contributed by atoms with Crippen molar-refractivity contribution in [2.45, 2.75) is 18.6 Å². The third-order valence-electron chi connectivity index (χ3n) is 4.39. The van der Waals surface area contributed by atoms with Gasteiger partial charge in [-0.3, -0.25) is 0 Å². The fourth-order valence-corrected chi connectivity index (χ4v) is 3.09. The van der Waals surface area contributed by atoms with Gasteiger partial charge in [0.2, 0.25) is 0 Å². The highest BCUT2D eigenvalue weighted by Gasteiger charge is 2.42. The highest BCUT2D eigenvalue weighted by Crippen LogP contribution is 2.44. The molecule has 2 aromatic carbocycles. The number of anilines is 1. The van der Waals surface area contributed by atoms with Gasteiger partial charge in [-0.05, 0) is 31.2 Å². The Bertz CT molecular complexity index is 848. The summed E-state index contributed by atoms with van der Waals surface area (Å²) < 4.78 is 16.5. The van der Waals surface area contributed by atoms with Gasteiger partial charge in [0.1, 0.15) is 5.75 Å². The number of methoxy groups -OCH3 is 2. The summed E-state index contributed by atoms with van der Waals surface area (Å²) in [5.41, 5.74) is 0.274. The summed E-state index contributed by atoms with van der Waals surface area (Å²) >= 11 is 0. The molecule has 0 bridgehead atoms. The first-order chi connectivity index (χ1) is 12.5. The number of hydrogen-bond donors (Lipinski definition) is 2. The lowest BCUT2D eigenvalue weighted by Crippen LogP contribution is -2.37. The fourth-order valence-electron chi connectivity index (χ4n) is 3.09. The molecular formula is C20H21NO5. The number of carbonyl (C=O) groups excluding carboxylic acids is 1. The molecule has 0 unspecified atom stereocenters. The Morgan fingerprint density at radius 1 is 1.12 bits per heavy atom. The molecule has 0 aliphatic carbocycles. The number of cyclic esters (lactones) is 1. The Balaban J connectivity index is 2.12. The largest absolute Gasteiger partial charge is 0.506 e. The number of aromatic hydroxyl groups is 1. The molecule has 0 amide bonds. The number of nitrogens with one attached hydrogen (secondary N) is 1. The Morgan fingerprint density at radius 2 is 1.88 bits per heavy atom. The van der Waals surface area contributed by atoms with Crippen LogP contribution in [0, 0.1) is 0 Å². The van der Waals surface area contributed by atoms with Gasteiger partial charge in [0, 0.05) is 11.6 Å². The molecule has 0 fully saturated rings. The second-order valence-electron chi connectivity index (χ2n) is 6.12. The van der Waals surface area contributed by atoms with Gasteiger partial charge in [0.15, 0.2) is 17.1 Å². The van der Waals surface area contributed by atoms with Crippen LogP contribution < -0.4 is 14.8 Å². The average molecular weight is 355 g/mol. The lowest BCUT2D eigenvalue weighted by atomic mass is 9.89. The van der Waals surface area contributed by atoms with Crippen LogP contribution in [0.5, 0.6) is 17.2 Å². The zero-order chi connectivity index (χ0) is 18.7. The third-order valence-corrected chi connectivity index (χ3v) is 4.39. The molecule has 0 aromatic heterocycles. The van der Waals surface area contributed by atoms with E-state index in [0.717, 1.165) is 5.56 Å². The van der Waals surface area contributed by atoms with Crippen molar-refractivity contribution in [1.29, 1.82) is 0 Å². The van der Waals surface area contributed by atoms with Crippen LogP contribution in [-0.4, -0.2) is 30.9 Å². The first kappa shape index (κ1) is 17.7. The lowest BCUT2D eigenvalue weighted by molar-refractivity contribution is -0.145. The first-order valence-electron chi connectivity index (χ1n) is 8.16. The molecule has 6 nitrogen and oxygen atoms in total. The van der Waals surface area contributed by atoms with Crippen molar-refractivity contribution >= 4 is 11.7 Å². The van der Waals surface area contributed by atoms with Gasteiger partial charge in [0.25, 0.3) is 0 Å². The smallest absolute Gasteiger partial charge is 0.331 e. The SMILES string of the molecule is COc1cccc([C@@H](Nc2ccccc2O)[C@@]2(C)C=CC(=O)O2)c1OC. The standard InChI is InChI=1S/C20H21NO5/c1-20(12-11-17(23)26-20)19(21-14-8-4-5-9-15(14)22)13-7-6-10-16(24-2)18(13)25-3/h4-12,19,21-22H,1-3H3/t19-,20-/m1/s1. The minimum Gasteiger partial charge on any atom is -0.506 e. The number of ether oxygens (including phenoxy) is 3. The van der Waals surface area contributed by atoms with Crippen molar-refractivity contribution in [1.82, 2.24) is 0 Å². The Kier molecular flexibility index (Phi) is 4.75. The minimum absolute atomic E-state index is 0.0938. The van der Waals surface area contributed by atoms with Crippen LogP contribution in [-0.2, 0) is 9.53 Å². The van der Waals surface area contributed by atoms with Crippen molar-refractivity contribution < 1.29 is 24.1 Å². The summed E-state index contributed by atoms with van der Waals surface area (Å²) in [7, 11) is 3.11. The van der Waals surface area contributed by atoms with E-state index in [0.29, 0.717) is 17.2 Å². The zero-order valence-electron chi connectivity index (χ0n) is 14.9. The quantitative estimate of drug-likeness (QED) is 0.611. The Labute approximate surface area is 152 Å².